The van der Waals surface area contributed by atoms with Crippen LogP contribution in [0.2, 0.25) is 0 Å². The molecule has 2 saturated heterocycles. The molecule has 1 saturated carbocycles. The summed E-state index contributed by atoms with van der Waals surface area (Å²) in [4.78, 5) is 17.8. The molecule has 4 nitrogen and oxygen atoms in total. The first kappa shape index (κ1) is 15.3. The Labute approximate surface area is 129 Å². The second kappa shape index (κ2) is 6.25. The summed E-state index contributed by atoms with van der Waals surface area (Å²) < 4.78 is 0. The molecule has 2 unspecified atom stereocenters. The summed E-state index contributed by atoms with van der Waals surface area (Å²) in [7, 11) is 0. The Morgan fingerprint density at radius 3 is 2.67 bits per heavy atom. The number of carbonyl (C=O) groups is 1. The van der Waals surface area contributed by atoms with Gasteiger partial charge in [-0.05, 0) is 45.2 Å². The molecular formula is C17H31N3O. The first-order valence-electron chi connectivity index (χ1n) is 9.03. The molecular weight excluding hydrogens is 262 g/mol. The number of hydrogen-bond donors (Lipinski definition) is 1. The molecule has 3 fully saturated rings. The van der Waals surface area contributed by atoms with Crippen molar-refractivity contribution in [2.24, 2.45) is 0 Å². The number of amides is 1. The van der Waals surface area contributed by atoms with Crippen molar-refractivity contribution in [1.82, 2.24) is 15.1 Å². The number of nitrogens with one attached hydrogen (secondary N) is 1. The smallest absolute Gasteiger partial charge is 0.244 e. The zero-order chi connectivity index (χ0) is 14.9. The topological polar surface area (TPSA) is 35.6 Å². The van der Waals surface area contributed by atoms with Crippen molar-refractivity contribution in [1.29, 1.82) is 0 Å². The Bertz CT molecular complexity index is 378. The summed E-state index contributed by atoms with van der Waals surface area (Å²) in [6.07, 6.45) is 9.55. The summed E-state index contributed by atoms with van der Waals surface area (Å²) in [6, 6.07) is 0.580. The molecule has 1 amide bonds. The van der Waals surface area contributed by atoms with Crippen molar-refractivity contribution in [2.75, 3.05) is 19.6 Å². The van der Waals surface area contributed by atoms with Crippen LogP contribution in [0.5, 0.6) is 0 Å². The highest BCUT2D eigenvalue weighted by molar-refractivity contribution is 5.89. The van der Waals surface area contributed by atoms with E-state index in [0.717, 1.165) is 38.8 Å². The van der Waals surface area contributed by atoms with Gasteiger partial charge in [0.1, 0.15) is 0 Å². The summed E-state index contributed by atoms with van der Waals surface area (Å²) in [5, 5.41) is 3.73. The van der Waals surface area contributed by atoms with E-state index in [0.29, 0.717) is 11.9 Å². The zero-order valence-electron chi connectivity index (χ0n) is 13.7. The normalized spacial score (nSPS) is 32.7. The fourth-order valence-electron chi connectivity index (χ4n) is 4.67. The summed E-state index contributed by atoms with van der Waals surface area (Å²) in [6.45, 7) is 7.72. The lowest BCUT2D eigenvalue weighted by Crippen LogP contribution is -2.46. The molecule has 0 aromatic carbocycles. The molecule has 4 heteroatoms. The number of nitrogens with zero attached hydrogens (tertiary/aromatic N) is 2. The lowest BCUT2D eigenvalue weighted by molar-refractivity contribution is -0.133. The third-order valence-corrected chi connectivity index (χ3v) is 5.82. The molecule has 0 radical (unpaired) electrons. The molecule has 3 rings (SSSR count). The van der Waals surface area contributed by atoms with Gasteiger partial charge in [0, 0.05) is 12.6 Å². The van der Waals surface area contributed by atoms with Crippen LogP contribution >= 0.6 is 0 Å². The van der Waals surface area contributed by atoms with Gasteiger partial charge in [-0.1, -0.05) is 33.1 Å². The molecule has 1 spiro atoms. The number of likely N-dealkylation sites (N-methyl/N-ethyl adjacent to an activating group) is 1. The Balaban J connectivity index is 1.73. The van der Waals surface area contributed by atoms with Crippen LogP contribution in [-0.2, 0) is 4.79 Å². The lowest BCUT2D eigenvalue weighted by atomic mass is 9.98. The summed E-state index contributed by atoms with van der Waals surface area (Å²) >= 11 is 0. The average molecular weight is 293 g/mol. The van der Waals surface area contributed by atoms with Crippen LogP contribution in [0.4, 0.5) is 0 Å². The first-order chi connectivity index (χ1) is 10.2. The van der Waals surface area contributed by atoms with E-state index in [1.54, 1.807) is 0 Å². The molecule has 2 heterocycles. The maximum atomic E-state index is 13.0. The van der Waals surface area contributed by atoms with Gasteiger partial charge in [-0.3, -0.25) is 15.0 Å². The van der Waals surface area contributed by atoms with Crippen LogP contribution in [0, 0.1) is 0 Å². The van der Waals surface area contributed by atoms with Gasteiger partial charge >= 0.3 is 0 Å². The summed E-state index contributed by atoms with van der Waals surface area (Å²) in [5.74, 6) is 0.404. The van der Waals surface area contributed by atoms with Crippen molar-refractivity contribution in [2.45, 2.75) is 83.0 Å². The minimum Gasteiger partial charge on any atom is -0.324 e. The average Bonchev–Trinajstić information content (AvgIpc) is 3.17. The van der Waals surface area contributed by atoms with E-state index in [4.69, 9.17) is 0 Å². The maximum Gasteiger partial charge on any atom is 0.244 e. The van der Waals surface area contributed by atoms with Crippen LogP contribution in [0.3, 0.4) is 0 Å². The van der Waals surface area contributed by atoms with Gasteiger partial charge in [0.15, 0.2) is 0 Å². The molecule has 21 heavy (non-hydrogen) atoms. The Kier molecular flexibility index (Phi) is 4.55. The van der Waals surface area contributed by atoms with Crippen LogP contribution in [0.1, 0.15) is 65.2 Å². The number of rotatable bonds is 5. The van der Waals surface area contributed by atoms with Gasteiger partial charge in [-0.25, -0.2) is 0 Å². The van der Waals surface area contributed by atoms with Crippen LogP contribution < -0.4 is 5.32 Å². The number of hydrogen-bond acceptors (Lipinski definition) is 3. The second-order valence-corrected chi connectivity index (χ2v) is 7.12. The minimum atomic E-state index is -0.199. The summed E-state index contributed by atoms with van der Waals surface area (Å²) in [5.41, 5.74) is -0.199. The van der Waals surface area contributed by atoms with E-state index in [2.05, 4.69) is 29.0 Å². The molecule has 3 aliphatic rings. The highest BCUT2D eigenvalue weighted by atomic mass is 16.2. The largest absolute Gasteiger partial charge is 0.324 e. The molecule has 1 N–H and O–H groups in total. The lowest BCUT2D eigenvalue weighted by Gasteiger charge is -2.31. The molecule has 120 valence electrons. The predicted octanol–water partition coefficient (Wildman–Crippen LogP) is 2.34. The van der Waals surface area contributed by atoms with Crippen LogP contribution in [-0.4, -0.2) is 53.1 Å². The van der Waals surface area contributed by atoms with E-state index >= 15 is 0 Å². The molecule has 0 aromatic heterocycles. The minimum absolute atomic E-state index is 0.199. The third-order valence-electron chi connectivity index (χ3n) is 5.82. The quantitative estimate of drug-likeness (QED) is 0.845. The van der Waals surface area contributed by atoms with Gasteiger partial charge in [0.2, 0.25) is 5.91 Å². The standard InChI is InChI=1S/C17H31N3O/c1-3-8-15-18-17(10-5-6-11-17)16(21)20(15)13-14-9-7-12-19(14)4-2/h14-15,18H,3-13H2,1-2H3. The third kappa shape index (κ3) is 2.72. The fraction of sp³-hybridized carbons (Fsp3) is 0.941. The van der Waals surface area contributed by atoms with Gasteiger partial charge in [-0.15, -0.1) is 0 Å². The molecule has 2 atom stereocenters. The molecule has 0 bridgehead atoms. The van der Waals surface area contributed by atoms with Crippen LogP contribution in [0.25, 0.3) is 0 Å². The number of likely N-dealkylation sites (tertiary alicyclic amines) is 1. The van der Waals surface area contributed by atoms with E-state index in [1.165, 1.54) is 32.2 Å². The molecule has 1 aliphatic carbocycles. The Morgan fingerprint density at radius 1 is 1.24 bits per heavy atom. The van der Waals surface area contributed by atoms with Gasteiger partial charge < -0.3 is 4.90 Å². The van der Waals surface area contributed by atoms with Gasteiger partial charge in [0.05, 0.1) is 11.7 Å². The van der Waals surface area contributed by atoms with Gasteiger partial charge in [-0.2, -0.15) is 0 Å². The van der Waals surface area contributed by atoms with Crippen molar-refractivity contribution in [3.63, 3.8) is 0 Å². The van der Waals surface area contributed by atoms with Crippen molar-refractivity contribution >= 4 is 5.91 Å². The number of carbonyl (C=O) groups excluding carboxylic acids is 1. The van der Waals surface area contributed by atoms with Crippen molar-refractivity contribution < 1.29 is 4.79 Å². The van der Waals surface area contributed by atoms with E-state index in [9.17, 15) is 4.79 Å². The second-order valence-electron chi connectivity index (χ2n) is 7.12. The molecule has 0 aromatic rings. The zero-order valence-corrected chi connectivity index (χ0v) is 13.7. The van der Waals surface area contributed by atoms with Crippen molar-refractivity contribution in [3.8, 4) is 0 Å². The van der Waals surface area contributed by atoms with Crippen LogP contribution in [0.15, 0.2) is 0 Å². The SMILES string of the molecule is CCCC1NC2(CCCC2)C(=O)N1CC1CCCN1CC. The highest BCUT2D eigenvalue weighted by Gasteiger charge is 2.52. The maximum absolute atomic E-state index is 13.0. The van der Waals surface area contributed by atoms with Crippen molar-refractivity contribution in [3.05, 3.63) is 0 Å². The van der Waals surface area contributed by atoms with E-state index < -0.39 is 0 Å². The predicted molar refractivity (Wildman–Crippen MR) is 85.0 cm³/mol. The Morgan fingerprint density at radius 2 is 2.00 bits per heavy atom. The van der Waals surface area contributed by atoms with E-state index in [-0.39, 0.29) is 11.7 Å². The van der Waals surface area contributed by atoms with Gasteiger partial charge in [0.25, 0.3) is 0 Å². The van der Waals surface area contributed by atoms with E-state index in [1.807, 2.05) is 0 Å². The Hall–Kier alpha value is -0.610. The highest BCUT2D eigenvalue weighted by Crippen LogP contribution is 2.37. The fourth-order valence-corrected chi connectivity index (χ4v) is 4.67. The first-order valence-corrected chi connectivity index (χ1v) is 9.03. The monoisotopic (exact) mass is 293 g/mol. The molecule has 2 aliphatic heterocycles.